The maximum absolute atomic E-state index is 5.58. The molecular formula is C12H24N4O. The zero-order chi connectivity index (χ0) is 12.7. The maximum Gasteiger partial charge on any atom is 0.0874 e. The largest absolute Gasteiger partial charge is 0.385 e. The summed E-state index contributed by atoms with van der Waals surface area (Å²) in [5, 5.41) is 8.45. The minimum Gasteiger partial charge on any atom is -0.385 e. The zero-order valence-corrected chi connectivity index (χ0v) is 11.1. The van der Waals surface area contributed by atoms with E-state index in [9.17, 15) is 0 Å². The van der Waals surface area contributed by atoms with Crippen molar-refractivity contribution >= 4 is 0 Å². The predicted octanol–water partition coefficient (Wildman–Crippen LogP) is 1.33. The Balaban J connectivity index is 2.64. The summed E-state index contributed by atoms with van der Waals surface area (Å²) < 4.78 is 7.06. The Bertz CT molecular complexity index is 322. The van der Waals surface area contributed by atoms with Gasteiger partial charge in [-0.2, -0.15) is 0 Å². The number of unbranched alkanes of at least 4 members (excludes halogenated alkanes) is 1. The lowest BCUT2D eigenvalue weighted by atomic mass is 10.1. The third-order valence-corrected chi connectivity index (χ3v) is 2.74. The molecule has 0 saturated carbocycles. The average Bonchev–Trinajstić information content (AvgIpc) is 2.68. The molecule has 0 aliphatic heterocycles. The normalized spacial score (nSPS) is 11.4. The van der Waals surface area contributed by atoms with E-state index >= 15 is 0 Å². The number of nitrogens with two attached hydrogens (primary N) is 1. The van der Waals surface area contributed by atoms with Crippen LogP contribution in [0.4, 0.5) is 0 Å². The first-order valence-electron chi connectivity index (χ1n) is 6.32. The van der Waals surface area contributed by atoms with E-state index in [1.165, 1.54) is 5.69 Å². The van der Waals surface area contributed by atoms with Crippen molar-refractivity contribution < 1.29 is 4.74 Å². The van der Waals surface area contributed by atoms with E-state index in [4.69, 9.17) is 10.5 Å². The number of aryl methyl sites for hydroxylation is 1. The number of nitrogens with zero attached hydrogens (tertiary/aromatic N) is 3. The molecule has 1 rings (SSSR count). The van der Waals surface area contributed by atoms with Crippen LogP contribution in [0.2, 0.25) is 0 Å². The Morgan fingerprint density at radius 1 is 1.35 bits per heavy atom. The Kier molecular flexibility index (Phi) is 6.15. The van der Waals surface area contributed by atoms with Gasteiger partial charge in [-0.25, -0.2) is 4.68 Å². The van der Waals surface area contributed by atoms with Crippen LogP contribution in [0.1, 0.15) is 44.0 Å². The highest BCUT2D eigenvalue weighted by Gasteiger charge is 2.14. The van der Waals surface area contributed by atoms with E-state index in [1.54, 1.807) is 7.11 Å². The highest BCUT2D eigenvalue weighted by atomic mass is 16.5. The van der Waals surface area contributed by atoms with Crippen LogP contribution in [0.25, 0.3) is 0 Å². The second-order valence-corrected chi connectivity index (χ2v) is 4.54. The summed E-state index contributed by atoms with van der Waals surface area (Å²) in [6, 6.07) is 0. The SMILES string of the molecule is COCCCCn1nnc(CCN)c1C(C)C. The Morgan fingerprint density at radius 2 is 2.12 bits per heavy atom. The molecule has 5 nitrogen and oxygen atoms in total. The second-order valence-electron chi connectivity index (χ2n) is 4.54. The van der Waals surface area contributed by atoms with Gasteiger partial charge in [-0.05, 0) is 25.3 Å². The van der Waals surface area contributed by atoms with Gasteiger partial charge in [-0.3, -0.25) is 0 Å². The van der Waals surface area contributed by atoms with Crippen molar-refractivity contribution in [2.75, 3.05) is 20.3 Å². The first kappa shape index (κ1) is 14.1. The molecule has 0 bridgehead atoms. The topological polar surface area (TPSA) is 66.0 Å². The molecule has 0 spiro atoms. The molecule has 17 heavy (non-hydrogen) atoms. The highest BCUT2D eigenvalue weighted by molar-refractivity contribution is 5.14. The average molecular weight is 240 g/mol. The fraction of sp³-hybridized carbons (Fsp3) is 0.833. The molecule has 98 valence electrons. The van der Waals surface area contributed by atoms with E-state index < -0.39 is 0 Å². The van der Waals surface area contributed by atoms with E-state index in [0.717, 1.165) is 38.1 Å². The van der Waals surface area contributed by atoms with Gasteiger partial charge in [0.15, 0.2) is 0 Å². The standard InChI is InChI=1S/C12H24N4O/c1-10(2)12-11(6-7-13)14-15-16(12)8-4-5-9-17-3/h10H,4-9,13H2,1-3H3. The second kappa shape index (κ2) is 7.40. The van der Waals surface area contributed by atoms with Crippen LogP contribution in [0.5, 0.6) is 0 Å². The van der Waals surface area contributed by atoms with Gasteiger partial charge in [0.2, 0.25) is 0 Å². The van der Waals surface area contributed by atoms with Gasteiger partial charge in [-0.1, -0.05) is 19.1 Å². The van der Waals surface area contributed by atoms with Crippen molar-refractivity contribution in [3.05, 3.63) is 11.4 Å². The summed E-state index contributed by atoms with van der Waals surface area (Å²) in [4.78, 5) is 0. The Hall–Kier alpha value is -0.940. The number of hydrogen-bond acceptors (Lipinski definition) is 4. The van der Waals surface area contributed by atoms with E-state index in [2.05, 4.69) is 24.2 Å². The summed E-state index contributed by atoms with van der Waals surface area (Å²) in [7, 11) is 1.73. The van der Waals surface area contributed by atoms with Crippen molar-refractivity contribution in [1.82, 2.24) is 15.0 Å². The molecule has 5 heteroatoms. The monoisotopic (exact) mass is 240 g/mol. The molecule has 0 atom stereocenters. The third-order valence-electron chi connectivity index (χ3n) is 2.74. The molecule has 1 aromatic rings. The van der Waals surface area contributed by atoms with E-state index in [-0.39, 0.29) is 0 Å². The van der Waals surface area contributed by atoms with Crippen LogP contribution < -0.4 is 5.73 Å². The minimum atomic E-state index is 0.439. The third kappa shape index (κ3) is 4.09. The number of rotatable bonds is 8. The summed E-state index contributed by atoms with van der Waals surface area (Å²) in [6.07, 6.45) is 2.94. The molecule has 1 aromatic heterocycles. The number of ether oxygens (including phenoxy) is 1. The summed E-state index contributed by atoms with van der Waals surface area (Å²) in [5.74, 6) is 0.439. The molecule has 2 N–H and O–H groups in total. The number of aromatic nitrogens is 3. The zero-order valence-electron chi connectivity index (χ0n) is 11.1. The van der Waals surface area contributed by atoms with Crippen molar-refractivity contribution in [2.24, 2.45) is 5.73 Å². The van der Waals surface area contributed by atoms with Crippen LogP contribution >= 0.6 is 0 Å². The fourth-order valence-electron chi connectivity index (χ4n) is 1.98. The molecule has 0 amide bonds. The first-order valence-corrected chi connectivity index (χ1v) is 6.32. The van der Waals surface area contributed by atoms with Crippen molar-refractivity contribution in [3.63, 3.8) is 0 Å². The van der Waals surface area contributed by atoms with Crippen LogP contribution in [-0.2, 0) is 17.7 Å². The molecule has 0 aliphatic rings. The number of methoxy groups -OCH3 is 1. The molecular weight excluding hydrogens is 216 g/mol. The lowest BCUT2D eigenvalue weighted by Crippen LogP contribution is -2.10. The van der Waals surface area contributed by atoms with Gasteiger partial charge in [0.25, 0.3) is 0 Å². The summed E-state index contributed by atoms with van der Waals surface area (Å²) in [5.41, 5.74) is 7.86. The molecule has 0 aliphatic carbocycles. The van der Waals surface area contributed by atoms with Crippen LogP contribution in [0.3, 0.4) is 0 Å². The van der Waals surface area contributed by atoms with E-state index in [1.807, 2.05) is 4.68 Å². The Labute approximate surface area is 103 Å². The van der Waals surface area contributed by atoms with Gasteiger partial charge >= 0.3 is 0 Å². The maximum atomic E-state index is 5.58. The molecule has 0 aromatic carbocycles. The van der Waals surface area contributed by atoms with Crippen molar-refractivity contribution in [3.8, 4) is 0 Å². The minimum absolute atomic E-state index is 0.439. The van der Waals surface area contributed by atoms with Crippen molar-refractivity contribution in [1.29, 1.82) is 0 Å². The Morgan fingerprint density at radius 3 is 2.71 bits per heavy atom. The lowest BCUT2D eigenvalue weighted by Gasteiger charge is -2.10. The molecule has 0 unspecified atom stereocenters. The van der Waals surface area contributed by atoms with Gasteiger partial charge < -0.3 is 10.5 Å². The highest BCUT2D eigenvalue weighted by Crippen LogP contribution is 2.18. The smallest absolute Gasteiger partial charge is 0.0874 e. The van der Waals surface area contributed by atoms with Crippen LogP contribution in [-0.4, -0.2) is 35.3 Å². The summed E-state index contributed by atoms with van der Waals surface area (Å²) >= 11 is 0. The molecule has 0 saturated heterocycles. The summed E-state index contributed by atoms with van der Waals surface area (Å²) in [6.45, 7) is 6.69. The van der Waals surface area contributed by atoms with Crippen LogP contribution in [0.15, 0.2) is 0 Å². The van der Waals surface area contributed by atoms with Gasteiger partial charge in [0.1, 0.15) is 0 Å². The molecule has 1 heterocycles. The lowest BCUT2D eigenvalue weighted by molar-refractivity contribution is 0.190. The molecule has 0 radical (unpaired) electrons. The van der Waals surface area contributed by atoms with E-state index in [0.29, 0.717) is 12.5 Å². The van der Waals surface area contributed by atoms with Gasteiger partial charge in [0, 0.05) is 26.7 Å². The first-order chi connectivity index (χ1) is 8.20. The van der Waals surface area contributed by atoms with Crippen LogP contribution in [0, 0.1) is 0 Å². The van der Waals surface area contributed by atoms with Gasteiger partial charge in [-0.15, -0.1) is 5.10 Å². The predicted molar refractivity (Wildman–Crippen MR) is 68.0 cm³/mol. The number of hydrogen-bond donors (Lipinski definition) is 1. The quantitative estimate of drug-likeness (QED) is 0.696. The van der Waals surface area contributed by atoms with Gasteiger partial charge in [0.05, 0.1) is 11.4 Å². The van der Waals surface area contributed by atoms with Crippen molar-refractivity contribution in [2.45, 2.75) is 45.6 Å². The molecule has 0 fully saturated rings. The fourth-order valence-corrected chi connectivity index (χ4v) is 1.98.